The van der Waals surface area contributed by atoms with Gasteiger partial charge in [-0.3, -0.25) is 9.59 Å². The van der Waals surface area contributed by atoms with E-state index in [9.17, 15) is 28.3 Å². The largest absolute Gasteiger partial charge is 0.545 e. The van der Waals surface area contributed by atoms with Crippen molar-refractivity contribution < 1.29 is 33.0 Å². The van der Waals surface area contributed by atoms with Crippen molar-refractivity contribution in [2.75, 3.05) is 4.90 Å². The summed E-state index contributed by atoms with van der Waals surface area (Å²) in [7, 11) is 0. The van der Waals surface area contributed by atoms with Crippen LogP contribution in [0.1, 0.15) is 16.8 Å². The molecule has 1 atom stereocenters. The second kappa shape index (κ2) is 7.75. The molecule has 0 aromatic heterocycles. The van der Waals surface area contributed by atoms with E-state index in [1.54, 1.807) is 6.07 Å². The van der Waals surface area contributed by atoms with Crippen LogP contribution in [-0.2, 0) is 9.59 Å². The van der Waals surface area contributed by atoms with Crippen molar-refractivity contribution in [3.05, 3.63) is 54.1 Å². The number of carboxylic acid groups (broad SMARTS) is 1. The minimum absolute atomic E-state index is 0.0795. The van der Waals surface area contributed by atoms with Crippen LogP contribution >= 0.6 is 11.8 Å². The molecule has 6 nitrogen and oxygen atoms in total. The number of rotatable bonds is 6. The molecule has 0 spiro atoms. The molecule has 0 unspecified atom stereocenters. The molecular formula is C18H12F2NO5S-. The standard InChI is InChI=1S/C18H13F2NO5S/c19-18(20)26-12-7-3-2-6-11(12)21-15(22)9-14(16(21)23)27-13-8-4-1-5-10(13)17(24)25/h1-8,14,18H,9H2,(H,24,25)/p-1/t14-/m0/s1. The van der Waals surface area contributed by atoms with Crippen molar-refractivity contribution in [3.63, 3.8) is 0 Å². The summed E-state index contributed by atoms with van der Waals surface area (Å²) in [6.45, 7) is -3.11. The number of hydrogen-bond donors (Lipinski definition) is 0. The Labute approximate surface area is 156 Å². The number of carboxylic acids is 1. The monoisotopic (exact) mass is 392 g/mol. The molecule has 27 heavy (non-hydrogen) atoms. The second-order valence-corrected chi connectivity index (χ2v) is 6.75. The molecule has 1 heterocycles. The first-order valence-corrected chi connectivity index (χ1v) is 8.64. The van der Waals surface area contributed by atoms with Crippen LogP contribution in [0.4, 0.5) is 14.5 Å². The fourth-order valence-corrected chi connectivity index (χ4v) is 3.85. The van der Waals surface area contributed by atoms with Crippen LogP contribution in [0, 0.1) is 0 Å². The number of nitrogens with zero attached hydrogens (tertiary/aromatic N) is 1. The average Bonchev–Trinajstić information content (AvgIpc) is 2.89. The highest BCUT2D eigenvalue weighted by Crippen LogP contribution is 2.38. The van der Waals surface area contributed by atoms with Crippen LogP contribution < -0.4 is 14.7 Å². The molecule has 2 aromatic rings. The van der Waals surface area contributed by atoms with Gasteiger partial charge in [0.25, 0.3) is 0 Å². The van der Waals surface area contributed by atoms with Gasteiger partial charge in [0.05, 0.1) is 16.9 Å². The Morgan fingerprint density at radius 1 is 1.15 bits per heavy atom. The van der Waals surface area contributed by atoms with E-state index in [0.717, 1.165) is 16.7 Å². The van der Waals surface area contributed by atoms with Gasteiger partial charge in [0.2, 0.25) is 11.8 Å². The molecule has 0 aliphatic carbocycles. The van der Waals surface area contributed by atoms with Crippen LogP contribution in [-0.4, -0.2) is 29.6 Å². The number of amides is 2. The highest BCUT2D eigenvalue weighted by Gasteiger charge is 2.41. The van der Waals surface area contributed by atoms with Crippen LogP contribution in [0.15, 0.2) is 53.4 Å². The van der Waals surface area contributed by atoms with E-state index < -0.39 is 29.6 Å². The lowest BCUT2D eigenvalue weighted by Gasteiger charge is -2.19. The highest BCUT2D eigenvalue weighted by atomic mass is 32.2. The number of benzene rings is 2. The van der Waals surface area contributed by atoms with Crippen LogP contribution in [0.5, 0.6) is 5.75 Å². The predicted octanol–water partition coefficient (Wildman–Crippen LogP) is 2.08. The first kappa shape index (κ1) is 18.8. The summed E-state index contributed by atoms with van der Waals surface area (Å²) in [5.74, 6) is -2.92. The average molecular weight is 392 g/mol. The fourth-order valence-electron chi connectivity index (χ4n) is 2.68. The lowest BCUT2D eigenvalue weighted by Crippen LogP contribution is -2.31. The third kappa shape index (κ3) is 3.92. The molecule has 0 N–H and O–H groups in total. The smallest absolute Gasteiger partial charge is 0.387 e. The number of imide groups is 1. The van der Waals surface area contributed by atoms with Crippen molar-refractivity contribution >= 4 is 35.2 Å². The van der Waals surface area contributed by atoms with Gasteiger partial charge in [0.1, 0.15) is 5.75 Å². The van der Waals surface area contributed by atoms with Gasteiger partial charge in [-0.1, -0.05) is 30.3 Å². The van der Waals surface area contributed by atoms with Crippen LogP contribution in [0.3, 0.4) is 0 Å². The maximum absolute atomic E-state index is 12.7. The summed E-state index contributed by atoms with van der Waals surface area (Å²) in [6.07, 6.45) is -0.201. The van der Waals surface area contributed by atoms with Crippen molar-refractivity contribution in [2.24, 2.45) is 0 Å². The lowest BCUT2D eigenvalue weighted by molar-refractivity contribution is -0.255. The number of alkyl halides is 2. The normalized spacial score (nSPS) is 16.9. The summed E-state index contributed by atoms with van der Waals surface area (Å²) >= 11 is 0.914. The molecule has 0 radical (unpaired) electrons. The quantitative estimate of drug-likeness (QED) is 0.700. The van der Waals surface area contributed by atoms with E-state index in [0.29, 0.717) is 0 Å². The Balaban J connectivity index is 1.88. The van der Waals surface area contributed by atoms with Crippen LogP contribution in [0.2, 0.25) is 0 Å². The number of thioether (sulfide) groups is 1. The molecule has 1 aliphatic heterocycles. The molecule has 0 saturated carbocycles. The number of halogens is 2. The first-order valence-electron chi connectivity index (χ1n) is 7.76. The summed E-state index contributed by atoms with van der Waals surface area (Å²) in [6, 6.07) is 11.4. The van der Waals surface area contributed by atoms with E-state index in [2.05, 4.69) is 4.74 Å². The van der Waals surface area contributed by atoms with E-state index >= 15 is 0 Å². The Morgan fingerprint density at radius 2 is 1.81 bits per heavy atom. The number of hydrogen-bond acceptors (Lipinski definition) is 6. The zero-order chi connectivity index (χ0) is 19.6. The zero-order valence-electron chi connectivity index (χ0n) is 13.6. The summed E-state index contributed by atoms with van der Waals surface area (Å²) in [5, 5.41) is 10.3. The maximum Gasteiger partial charge on any atom is 0.387 e. The van der Waals surface area contributed by atoms with Gasteiger partial charge < -0.3 is 14.6 Å². The molecule has 1 aliphatic rings. The Morgan fingerprint density at radius 3 is 2.52 bits per heavy atom. The molecule has 2 aromatic carbocycles. The maximum atomic E-state index is 12.7. The van der Waals surface area contributed by atoms with Crippen LogP contribution in [0.25, 0.3) is 0 Å². The lowest BCUT2D eigenvalue weighted by atomic mass is 10.2. The fraction of sp³-hybridized carbons (Fsp3) is 0.167. The van der Waals surface area contributed by atoms with Gasteiger partial charge >= 0.3 is 6.61 Å². The number of anilines is 1. The van der Waals surface area contributed by atoms with Gasteiger partial charge in [0, 0.05) is 16.9 Å². The van der Waals surface area contributed by atoms with Gasteiger partial charge in [-0.15, -0.1) is 11.8 Å². The second-order valence-electron chi connectivity index (χ2n) is 5.51. The Kier molecular flexibility index (Phi) is 5.41. The SMILES string of the molecule is O=C([O-])c1ccccc1S[C@H]1CC(=O)N(c2ccccc2OC(F)F)C1=O. The molecule has 9 heteroatoms. The van der Waals surface area contributed by atoms with Crippen molar-refractivity contribution in [2.45, 2.75) is 23.2 Å². The molecule has 140 valence electrons. The number of carbonyl (C=O) groups is 3. The topological polar surface area (TPSA) is 86.7 Å². The highest BCUT2D eigenvalue weighted by molar-refractivity contribution is 8.00. The Hall–Kier alpha value is -2.94. The zero-order valence-corrected chi connectivity index (χ0v) is 14.4. The number of ether oxygens (including phenoxy) is 1. The number of carbonyl (C=O) groups excluding carboxylic acids is 3. The van der Waals surface area contributed by atoms with Crippen molar-refractivity contribution in [1.29, 1.82) is 0 Å². The van der Waals surface area contributed by atoms with Gasteiger partial charge in [0.15, 0.2) is 0 Å². The van der Waals surface area contributed by atoms with Crippen molar-refractivity contribution in [1.82, 2.24) is 0 Å². The molecule has 1 saturated heterocycles. The van der Waals surface area contributed by atoms with Gasteiger partial charge in [-0.25, -0.2) is 4.90 Å². The third-order valence-corrected chi connectivity index (χ3v) is 5.07. The van der Waals surface area contributed by atoms with Gasteiger partial charge in [-0.05, 0) is 18.2 Å². The van der Waals surface area contributed by atoms with E-state index in [1.807, 2.05) is 0 Å². The van der Waals surface area contributed by atoms with E-state index in [1.165, 1.54) is 42.5 Å². The predicted molar refractivity (Wildman–Crippen MR) is 90.6 cm³/mol. The van der Waals surface area contributed by atoms with E-state index in [-0.39, 0.29) is 28.3 Å². The first-order chi connectivity index (χ1) is 12.9. The summed E-state index contributed by atoms with van der Waals surface area (Å²) < 4.78 is 29.6. The summed E-state index contributed by atoms with van der Waals surface area (Å²) in [4.78, 5) is 37.3. The molecule has 0 bridgehead atoms. The van der Waals surface area contributed by atoms with E-state index in [4.69, 9.17) is 0 Å². The van der Waals surface area contributed by atoms with Gasteiger partial charge in [-0.2, -0.15) is 8.78 Å². The molecular weight excluding hydrogens is 380 g/mol. The molecule has 3 rings (SSSR count). The minimum atomic E-state index is -3.11. The minimum Gasteiger partial charge on any atom is -0.545 e. The third-order valence-electron chi connectivity index (χ3n) is 3.80. The Bertz CT molecular complexity index is 905. The molecule has 1 fully saturated rings. The number of aromatic carboxylic acids is 1. The van der Waals surface area contributed by atoms with Crippen molar-refractivity contribution in [3.8, 4) is 5.75 Å². The molecule has 2 amide bonds. The summed E-state index contributed by atoms with van der Waals surface area (Å²) in [5.41, 5.74) is -0.174. The number of para-hydroxylation sites is 2.